The maximum atomic E-state index is 11.2. The average Bonchev–Trinajstić information content (AvgIpc) is 1.98. The fourth-order valence-corrected chi connectivity index (χ4v) is 1.60. The predicted octanol–water partition coefficient (Wildman–Crippen LogP) is 2.51. The normalized spacial score (nSPS) is 13.5. The van der Waals surface area contributed by atoms with E-state index in [0.717, 1.165) is 5.75 Å². The minimum atomic E-state index is -0.410. The van der Waals surface area contributed by atoms with Gasteiger partial charge >= 0.3 is 6.09 Å². The fourth-order valence-electron chi connectivity index (χ4n) is 0.915. The molecule has 84 valence electrons. The number of hydrogen-bond acceptors (Lipinski definition) is 3. The van der Waals surface area contributed by atoms with Crippen LogP contribution >= 0.6 is 11.8 Å². The lowest BCUT2D eigenvalue weighted by atomic mass is 10.2. The van der Waals surface area contributed by atoms with Crippen LogP contribution in [-0.4, -0.2) is 30.2 Å². The second kappa shape index (κ2) is 6.17. The Bertz CT molecular complexity index is 177. The average molecular weight is 219 g/mol. The fraction of sp³-hybridized carbons (Fsp3) is 0.900. The van der Waals surface area contributed by atoms with Gasteiger partial charge < -0.3 is 10.1 Å². The number of rotatable bonds is 4. The van der Waals surface area contributed by atoms with Gasteiger partial charge in [0.2, 0.25) is 0 Å². The van der Waals surface area contributed by atoms with Gasteiger partial charge in [-0.05, 0) is 38.7 Å². The van der Waals surface area contributed by atoms with Crippen molar-refractivity contribution in [2.45, 2.75) is 33.3 Å². The van der Waals surface area contributed by atoms with E-state index in [9.17, 15) is 4.79 Å². The van der Waals surface area contributed by atoms with Crippen molar-refractivity contribution in [2.24, 2.45) is 5.92 Å². The molecule has 0 rings (SSSR count). The van der Waals surface area contributed by atoms with Crippen molar-refractivity contribution in [3.63, 3.8) is 0 Å². The third-order valence-corrected chi connectivity index (χ3v) is 2.35. The summed E-state index contributed by atoms with van der Waals surface area (Å²) in [6.45, 7) is 8.36. The Kier molecular flexibility index (Phi) is 6.00. The summed E-state index contributed by atoms with van der Waals surface area (Å²) in [7, 11) is 0. The van der Waals surface area contributed by atoms with Gasteiger partial charge in [-0.25, -0.2) is 4.79 Å². The Morgan fingerprint density at radius 3 is 2.50 bits per heavy atom. The van der Waals surface area contributed by atoms with E-state index in [1.807, 2.05) is 20.8 Å². The van der Waals surface area contributed by atoms with Gasteiger partial charge in [0.05, 0.1) is 0 Å². The molecule has 1 N–H and O–H groups in total. The van der Waals surface area contributed by atoms with Crippen LogP contribution in [0.25, 0.3) is 0 Å². The molecule has 0 aliphatic heterocycles. The summed E-state index contributed by atoms with van der Waals surface area (Å²) >= 11 is 1.78. The molecular formula is C10H21NO2S. The number of alkyl carbamates (subject to hydrolysis) is 1. The second-order valence-corrected chi connectivity index (χ2v) is 5.35. The zero-order valence-electron chi connectivity index (χ0n) is 9.72. The second-order valence-electron chi connectivity index (χ2n) is 4.44. The molecule has 4 heteroatoms. The van der Waals surface area contributed by atoms with E-state index >= 15 is 0 Å². The lowest BCUT2D eigenvalue weighted by Gasteiger charge is -2.20. The number of hydrogen-bond donors (Lipinski definition) is 1. The quantitative estimate of drug-likeness (QED) is 0.789. The van der Waals surface area contributed by atoms with Crippen molar-refractivity contribution >= 4 is 17.9 Å². The molecule has 1 unspecified atom stereocenters. The molecular weight excluding hydrogens is 198 g/mol. The molecule has 14 heavy (non-hydrogen) atoms. The molecule has 1 amide bonds. The first-order valence-corrected chi connectivity index (χ1v) is 6.20. The van der Waals surface area contributed by atoms with E-state index in [4.69, 9.17) is 4.74 Å². The van der Waals surface area contributed by atoms with Gasteiger partial charge in [-0.3, -0.25) is 0 Å². The van der Waals surface area contributed by atoms with E-state index in [1.165, 1.54) is 0 Å². The Labute approximate surface area is 91.0 Å². The van der Waals surface area contributed by atoms with Crippen LogP contribution in [0.3, 0.4) is 0 Å². The van der Waals surface area contributed by atoms with Crippen molar-refractivity contribution < 1.29 is 9.53 Å². The molecule has 0 bridgehead atoms. The molecule has 0 aliphatic rings. The summed E-state index contributed by atoms with van der Waals surface area (Å²) in [5.41, 5.74) is -0.410. The highest BCUT2D eigenvalue weighted by Crippen LogP contribution is 2.07. The van der Waals surface area contributed by atoms with Crippen LogP contribution in [0.15, 0.2) is 0 Å². The third kappa shape index (κ3) is 8.23. The van der Waals surface area contributed by atoms with E-state index < -0.39 is 5.60 Å². The van der Waals surface area contributed by atoms with Gasteiger partial charge in [0.25, 0.3) is 0 Å². The first-order valence-electron chi connectivity index (χ1n) is 4.81. The first-order chi connectivity index (χ1) is 6.35. The number of nitrogens with one attached hydrogen (secondary N) is 1. The van der Waals surface area contributed by atoms with E-state index in [0.29, 0.717) is 12.5 Å². The smallest absolute Gasteiger partial charge is 0.407 e. The van der Waals surface area contributed by atoms with Gasteiger partial charge in [0, 0.05) is 6.54 Å². The Morgan fingerprint density at radius 1 is 1.50 bits per heavy atom. The van der Waals surface area contributed by atoms with E-state index in [2.05, 4.69) is 18.5 Å². The number of carbonyl (C=O) groups is 1. The summed E-state index contributed by atoms with van der Waals surface area (Å²) in [6.07, 6.45) is 1.73. The van der Waals surface area contributed by atoms with Gasteiger partial charge in [-0.2, -0.15) is 11.8 Å². The summed E-state index contributed by atoms with van der Waals surface area (Å²) in [5.74, 6) is 1.54. The van der Waals surface area contributed by atoms with Crippen LogP contribution in [0, 0.1) is 5.92 Å². The lowest BCUT2D eigenvalue weighted by molar-refractivity contribution is 0.0522. The van der Waals surface area contributed by atoms with Gasteiger partial charge in [-0.1, -0.05) is 6.92 Å². The zero-order chi connectivity index (χ0) is 11.2. The molecule has 3 nitrogen and oxygen atoms in total. The molecule has 0 aromatic heterocycles. The molecule has 0 radical (unpaired) electrons. The Hall–Kier alpha value is -0.380. The minimum absolute atomic E-state index is 0.328. The molecule has 0 saturated carbocycles. The molecule has 0 aliphatic carbocycles. The number of amides is 1. The van der Waals surface area contributed by atoms with Crippen LogP contribution in [0.5, 0.6) is 0 Å². The van der Waals surface area contributed by atoms with Crippen molar-refractivity contribution in [3.05, 3.63) is 0 Å². The topological polar surface area (TPSA) is 38.3 Å². The van der Waals surface area contributed by atoms with Crippen molar-refractivity contribution in [3.8, 4) is 0 Å². The van der Waals surface area contributed by atoms with Gasteiger partial charge in [0.1, 0.15) is 5.60 Å². The highest BCUT2D eigenvalue weighted by atomic mass is 32.2. The summed E-state index contributed by atoms with van der Waals surface area (Å²) in [6, 6.07) is 0. The van der Waals surface area contributed by atoms with Crippen molar-refractivity contribution in [1.82, 2.24) is 5.32 Å². The maximum Gasteiger partial charge on any atom is 0.407 e. The molecule has 0 saturated heterocycles. The zero-order valence-corrected chi connectivity index (χ0v) is 10.5. The molecule has 0 aromatic rings. The maximum absolute atomic E-state index is 11.2. The Morgan fingerprint density at radius 2 is 2.07 bits per heavy atom. The highest BCUT2D eigenvalue weighted by Gasteiger charge is 2.16. The lowest BCUT2D eigenvalue weighted by Crippen LogP contribution is -2.35. The number of ether oxygens (including phenoxy) is 1. The van der Waals surface area contributed by atoms with Crippen molar-refractivity contribution in [2.75, 3.05) is 18.6 Å². The third-order valence-electron chi connectivity index (χ3n) is 1.44. The summed E-state index contributed by atoms with van der Waals surface area (Å²) in [5, 5.41) is 2.75. The minimum Gasteiger partial charge on any atom is -0.444 e. The first kappa shape index (κ1) is 13.6. The number of carbonyl (C=O) groups excluding carboxylic acids is 1. The highest BCUT2D eigenvalue weighted by molar-refractivity contribution is 7.98. The predicted molar refractivity (Wildman–Crippen MR) is 61.8 cm³/mol. The largest absolute Gasteiger partial charge is 0.444 e. The van der Waals surface area contributed by atoms with Gasteiger partial charge in [-0.15, -0.1) is 0 Å². The molecule has 0 heterocycles. The van der Waals surface area contributed by atoms with E-state index in [-0.39, 0.29) is 6.09 Å². The molecule has 0 fully saturated rings. The van der Waals surface area contributed by atoms with Crippen molar-refractivity contribution in [1.29, 1.82) is 0 Å². The Balaban J connectivity index is 3.64. The van der Waals surface area contributed by atoms with Crippen LogP contribution < -0.4 is 5.32 Å². The van der Waals surface area contributed by atoms with Crippen LogP contribution in [-0.2, 0) is 4.74 Å². The molecule has 0 spiro atoms. The summed E-state index contributed by atoms with van der Waals surface area (Å²) < 4.78 is 5.11. The van der Waals surface area contributed by atoms with Crippen LogP contribution in [0.2, 0.25) is 0 Å². The van der Waals surface area contributed by atoms with E-state index in [1.54, 1.807) is 11.8 Å². The standard InChI is InChI=1S/C10H21NO2S/c1-8(7-14-5)6-11-9(12)13-10(2,3)4/h8H,6-7H2,1-5H3,(H,11,12). The summed E-state index contributed by atoms with van der Waals surface area (Å²) in [4.78, 5) is 11.2. The monoisotopic (exact) mass is 219 g/mol. The van der Waals surface area contributed by atoms with Crippen LogP contribution in [0.4, 0.5) is 4.79 Å². The van der Waals surface area contributed by atoms with Crippen LogP contribution in [0.1, 0.15) is 27.7 Å². The number of thioether (sulfide) groups is 1. The molecule has 0 aromatic carbocycles. The molecule has 1 atom stereocenters. The SMILES string of the molecule is CSCC(C)CNC(=O)OC(C)(C)C. The van der Waals surface area contributed by atoms with Gasteiger partial charge in [0.15, 0.2) is 0 Å².